The summed E-state index contributed by atoms with van der Waals surface area (Å²) in [7, 11) is 0. The van der Waals surface area contributed by atoms with Gasteiger partial charge in [0, 0.05) is 36.2 Å². The van der Waals surface area contributed by atoms with E-state index < -0.39 is 51.6 Å². The fourth-order valence-electron chi connectivity index (χ4n) is 5.75. The monoisotopic (exact) mass is 692 g/mol. The lowest BCUT2D eigenvalue weighted by Gasteiger charge is -2.31. The van der Waals surface area contributed by atoms with E-state index in [0.717, 1.165) is 0 Å². The zero-order valence-corrected chi connectivity index (χ0v) is 27.2. The van der Waals surface area contributed by atoms with Gasteiger partial charge in [-0.3, -0.25) is 9.59 Å². The summed E-state index contributed by atoms with van der Waals surface area (Å²) in [4.78, 5) is 63.5. The summed E-state index contributed by atoms with van der Waals surface area (Å²) in [5.41, 5.74) is -3.51. The Labute approximate surface area is 278 Å². The topological polar surface area (TPSA) is 184 Å². The molecule has 0 amide bonds. The lowest BCUT2D eigenvalue weighted by Crippen LogP contribution is -2.40. The normalized spacial score (nSPS) is 15.2. The molecule has 5 rings (SSSR count). The molecule has 2 saturated heterocycles. The third-order valence-electron chi connectivity index (χ3n) is 7.88. The summed E-state index contributed by atoms with van der Waals surface area (Å²) in [6.45, 7) is 5.42. The van der Waals surface area contributed by atoms with Crippen LogP contribution in [0.5, 0.6) is 11.5 Å². The quantitative estimate of drug-likeness (QED) is 0.241. The number of nitrogens with one attached hydrogen (secondary N) is 2. The lowest BCUT2D eigenvalue weighted by molar-refractivity contribution is 0.0512. The largest absolute Gasteiger partial charge is 0.506 e. The maximum absolute atomic E-state index is 14.1. The fraction of sp³-hybridized carbons (Fsp3) is 0.419. The standard InChI is InChI=1S/C31H34Cl2N4O10/c1-3-46-30(42)22-24(38)20(28(40)34-26(22)36-7-11-44-12-8-36)19(17-6-5-16(32)15-18(17)33)21-25(39)23(31(43)47-4-2)27(35-29(21)41)37-9-13-45-14-10-37/h5-6,15,19H,3-4,7-14H2,1-2H3,(H2,34,38,40)(H2,35,39,41). The summed E-state index contributed by atoms with van der Waals surface area (Å²) in [6, 6.07) is 4.20. The van der Waals surface area contributed by atoms with E-state index in [4.69, 9.17) is 42.1 Å². The molecule has 0 spiro atoms. The number of anilines is 2. The van der Waals surface area contributed by atoms with Crippen molar-refractivity contribution in [1.29, 1.82) is 0 Å². The highest BCUT2D eigenvalue weighted by Crippen LogP contribution is 2.45. The highest BCUT2D eigenvalue weighted by Gasteiger charge is 2.38. The molecule has 0 atom stereocenters. The predicted octanol–water partition coefficient (Wildman–Crippen LogP) is 2.99. The van der Waals surface area contributed by atoms with Gasteiger partial charge in [-0.25, -0.2) is 9.59 Å². The average Bonchev–Trinajstić information content (AvgIpc) is 3.04. The maximum atomic E-state index is 14.1. The highest BCUT2D eigenvalue weighted by atomic mass is 35.5. The van der Waals surface area contributed by atoms with Crippen molar-refractivity contribution in [1.82, 2.24) is 9.97 Å². The van der Waals surface area contributed by atoms with Gasteiger partial charge in [0.15, 0.2) is 0 Å². The smallest absolute Gasteiger partial charge is 0.345 e. The van der Waals surface area contributed by atoms with E-state index in [9.17, 15) is 29.4 Å². The Balaban J connectivity index is 1.85. The number of benzene rings is 1. The molecule has 47 heavy (non-hydrogen) atoms. The molecule has 2 aromatic heterocycles. The first-order valence-electron chi connectivity index (χ1n) is 15.0. The van der Waals surface area contributed by atoms with Crippen molar-refractivity contribution in [2.24, 2.45) is 0 Å². The van der Waals surface area contributed by atoms with E-state index in [1.807, 2.05) is 0 Å². The van der Waals surface area contributed by atoms with Crippen molar-refractivity contribution >= 4 is 46.8 Å². The van der Waals surface area contributed by atoms with E-state index in [2.05, 4.69) is 9.97 Å². The zero-order chi connectivity index (χ0) is 33.8. The van der Waals surface area contributed by atoms with Crippen LogP contribution >= 0.6 is 23.2 Å². The molecule has 4 heterocycles. The number of carbonyl (C=O) groups is 2. The highest BCUT2D eigenvalue weighted by molar-refractivity contribution is 6.35. The number of esters is 2. The molecule has 0 saturated carbocycles. The molecule has 0 bridgehead atoms. The molecule has 16 heteroatoms. The van der Waals surface area contributed by atoms with Gasteiger partial charge in [-0.05, 0) is 31.5 Å². The number of halogens is 2. The van der Waals surface area contributed by atoms with Crippen molar-refractivity contribution in [2.45, 2.75) is 19.8 Å². The molecule has 252 valence electrons. The molecule has 4 N–H and O–H groups in total. The first kappa shape index (κ1) is 34.1. The number of hydrogen-bond acceptors (Lipinski definition) is 12. The van der Waals surface area contributed by atoms with Crippen LogP contribution in [0.1, 0.15) is 57.2 Å². The molecule has 0 aliphatic carbocycles. The number of rotatable bonds is 9. The minimum Gasteiger partial charge on any atom is -0.506 e. The van der Waals surface area contributed by atoms with Crippen molar-refractivity contribution in [3.05, 3.63) is 76.8 Å². The van der Waals surface area contributed by atoms with E-state index in [-0.39, 0.29) is 51.6 Å². The van der Waals surface area contributed by atoms with Gasteiger partial charge in [0.1, 0.15) is 34.3 Å². The van der Waals surface area contributed by atoms with E-state index >= 15 is 0 Å². The Morgan fingerprint density at radius 2 is 1.23 bits per heavy atom. The summed E-state index contributed by atoms with van der Waals surface area (Å²) in [6.07, 6.45) is 0. The Hall–Kier alpha value is -4.24. The van der Waals surface area contributed by atoms with Crippen LogP contribution in [-0.4, -0.2) is 97.9 Å². The number of hydrogen-bond donors (Lipinski definition) is 4. The molecular formula is C31H34Cl2N4O10. The third kappa shape index (κ3) is 6.77. The second kappa shape index (κ2) is 14.7. The second-order valence-electron chi connectivity index (χ2n) is 10.6. The Bertz CT molecular complexity index is 1680. The Morgan fingerprint density at radius 3 is 1.62 bits per heavy atom. The van der Waals surface area contributed by atoms with Gasteiger partial charge in [0.2, 0.25) is 0 Å². The maximum Gasteiger partial charge on any atom is 0.345 e. The number of carbonyl (C=O) groups excluding carboxylic acids is 2. The summed E-state index contributed by atoms with van der Waals surface area (Å²) < 4.78 is 21.3. The number of aromatic amines is 2. The lowest BCUT2D eigenvalue weighted by atomic mass is 9.83. The number of pyridine rings is 2. The first-order valence-corrected chi connectivity index (χ1v) is 15.8. The molecule has 2 aliphatic rings. The SMILES string of the molecule is CCOC(=O)c1c(N2CCOCC2)[nH]c(=O)c(C(c2ccc(Cl)cc2Cl)c2c(O)c(C(=O)OCC)c(N3CCOCC3)[nH]c2=O)c1O. The van der Waals surface area contributed by atoms with Crippen molar-refractivity contribution in [3.8, 4) is 11.5 Å². The third-order valence-corrected chi connectivity index (χ3v) is 8.44. The molecule has 2 fully saturated rings. The van der Waals surface area contributed by atoms with E-state index in [1.54, 1.807) is 23.6 Å². The van der Waals surface area contributed by atoms with Crippen LogP contribution in [0.25, 0.3) is 0 Å². The molecule has 1 aromatic carbocycles. The summed E-state index contributed by atoms with van der Waals surface area (Å²) in [5.74, 6) is -5.15. The minimum absolute atomic E-state index is 0.00744. The van der Waals surface area contributed by atoms with Gasteiger partial charge in [0.05, 0.1) is 56.7 Å². The first-order chi connectivity index (χ1) is 22.6. The zero-order valence-electron chi connectivity index (χ0n) is 25.7. The van der Waals surface area contributed by atoms with Gasteiger partial charge in [-0.1, -0.05) is 29.3 Å². The number of ether oxygens (including phenoxy) is 4. The predicted molar refractivity (Wildman–Crippen MR) is 173 cm³/mol. The van der Waals surface area contributed by atoms with Crippen LogP contribution in [0, 0.1) is 0 Å². The van der Waals surface area contributed by atoms with Crippen LogP contribution in [0.15, 0.2) is 27.8 Å². The molecule has 3 aromatic rings. The van der Waals surface area contributed by atoms with Crippen LogP contribution in [0.4, 0.5) is 11.6 Å². The number of aromatic nitrogens is 2. The van der Waals surface area contributed by atoms with Crippen molar-refractivity contribution < 1.29 is 38.7 Å². The second-order valence-corrected chi connectivity index (χ2v) is 11.5. The van der Waals surface area contributed by atoms with Crippen LogP contribution in [0.3, 0.4) is 0 Å². The Morgan fingerprint density at radius 1 is 0.809 bits per heavy atom. The molecule has 0 unspecified atom stereocenters. The fourth-order valence-corrected chi connectivity index (χ4v) is 6.27. The number of morpholine rings is 2. The van der Waals surface area contributed by atoms with E-state index in [1.165, 1.54) is 18.2 Å². The molecule has 14 nitrogen and oxygen atoms in total. The number of H-pyrrole nitrogens is 2. The number of nitrogens with zero attached hydrogens (tertiary/aromatic N) is 2. The van der Waals surface area contributed by atoms with Gasteiger partial charge in [-0.15, -0.1) is 0 Å². The molecule has 0 radical (unpaired) electrons. The van der Waals surface area contributed by atoms with Gasteiger partial charge < -0.3 is 48.9 Å². The number of aromatic hydroxyl groups is 2. The average molecular weight is 694 g/mol. The molecular weight excluding hydrogens is 659 g/mol. The summed E-state index contributed by atoms with van der Waals surface area (Å²) >= 11 is 12.8. The van der Waals surface area contributed by atoms with Crippen LogP contribution in [-0.2, 0) is 18.9 Å². The van der Waals surface area contributed by atoms with Crippen LogP contribution in [0.2, 0.25) is 10.0 Å². The van der Waals surface area contributed by atoms with Crippen molar-refractivity contribution in [2.75, 3.05) is 75.6 Å². The van der Waals surface area contributed by atoms with Gasteiger partial charge in [-0.2, -0.15) is 0 Å². The van der Waals surface area contributed by atoms with E-state index in [0.29, 0.717) is 52.6 Å². The molecule has 2 aliphatic heterocycles. The summed E-state index contributed by atoms with van der Waals surface area (Å²) in [5, 5.41) is 23.9. The minimum atomic E-state index is -1.63. The van der Waals surface area contributed by atoms with Gasteiger partial charge in [0.25, 0.3) is 11.1 Å². The van der Waals surface area contributed by atoms with Crippen molar-refractivity contribution in [3.63, 3.8) is 0 Å². The Kier molecular flexibility index (Phi) is 10.6. The van der Waals surface area contributed by atoms with Crippen LogP contribution < -0.4 is 20.9 Å². The van der Waals surface area contributed by atoms with Gasteiger partial charge >= 0.3 is 11.9 Å².